The number of unbranched alkanes of at least 4 members (excludes halogenated alkanes) is 3. The van der Waals surface area contributed by atoms with Crippen molar-refractivity contribution in [2.75, 3.05) is 13.2 Å². The molecule has 3 rings (SSSR count). The van der Waals surface area contributed by atoms with Crippen LogP contribution in [0.4, 0.5) is 0 Å². The first-order valence-corrected chi connectivity index (χ1v) is 11.7. The molecule has 1 aliphatic heterocycles. The second-order valence-corrected chi connectivity index (χ2v) is 8.26. The molecule has 9 heteroatoms. The van der Waals surface area contributed by atoms with Gasteiger partial charge < -0.3 is 14.6 Å². The summed E-state index contributed by atoms with van der Waals surface area (Å²) in [5.74, 6) is 0.625. The van der Waals surface area contributed by atoms with Crippen LogP contribution in [0.15, 0.2) is 9.59 Å². The number of aromatic nitrogens is 4. The number of ether oxygens (including phenoxy) is 1. The number of fused-ring (bicyclic) bond motifs is 1. The van der Waals surface area contributed by atoms with Crippen LogP contribution < -0.4 is 16.6 Å². The summed E-state index contributed by atoms with van der Waals surface area (Å²) in [4.78, 5) is 44.5. The molecule has 1 unspecified atom stereocenters. The molecule has 9 nitrogen and oxygen atoms in total. The first-order valence-electron chi connectivity index (χ1n) is 11.7. The van der Waals surface area contributed by atoms with Gasteiger partial charge in [0.15, 0.2) is 11.2 Å². The average molecular weight is 434 g/mol. The van der Waals surface area contributed by atoms with E-state index in [0.717, 1.165) is 51.6 Å². The molecule has 0 bridgehead atoms. The van der Waals surface area contributed by atoms with Crippen molar-refractivity contribution in [3.8, 4) is 0 Å². The summed E-state index contributed by atoms with van der Waals surface area (Å²) in [6, 6.07) is 0. The molecule has 0 aromatic carbocycles. The number of imidazole rings is 1. The summed E-state index contributed by atoms with van der Waals surface area (Å²) >= 11 is 0. The third-order valence-electron chi connectivity index (χ3n) is 5.81. The molecule has 0 spiro atoms. The highest BCUT2D eigenvalue weighted by Gasteiger charge is 2.20. The van der Waals surface area contributed by atoms with E-state index in [1.165, 1.54) is 0 Å². The molecule has 0 aliphatic carbocycles. The first kappa shape index (κ1) is 23.2. The smallest absolute Gasteiger partial charge is 0.330 e. The van der Waals surface area contributed by atoms with E-state index >= 15 is 0 Å². The summed E-state index contributed by atoms with van der Waals surface area (Å²) < 4.78 is 9.00. The lowest BCUT2D eigenvalue weighted by atomic mass is 10.2. The Bertz CT molecular complexity index is 984. The number of nitrogens with one attached hydrogen (secondary N) is 2. The predicted octanol–water partition coefficient (Wildman–Crippen LogP) is 2.10. The number of rotatable bonds is 12. The third kappa shape index (κ3) is 5.84. The molecule has 0 saturated carbocycles. The maximum absolute atomic E-state index is 12.7. The Kier molecular flexibility index (Phi) is 8.45. The second-order valence-electron chi connectivity index (χ2n) is 8.26. The number of hydrogen-bond donors (Lipinski definition) is 2. The highest BCUT2D eigenvalue weighted by Crippen LogP contribution is 2.16. The van der Waals surface area contributed by atoms with E-state index in [4.69, 9.17) is 4.74 Å². The molecule has 2 N–H and O–H groups in total. The van der Waals surface area contributed by atoms with Gasteiger partial charge in [-0.25, -0.2) is 9.78 Å². The summed E-state index contributed by atoms with van der Waals surface area (Å²) in [7, 11) is 0. The number of amides is 1. The zero-order valence-corrected chi connectivity index (χ0v) is 18.7. The van der Waals surface area contributed by atoms with Crippen molar-refractivity contribution in [2.45, 2.75) is 90.8 Å². The van der Waals surface area contributed by atoms with Crippen molar-refractivity contribution in [3.63, 3.8) is 0 Å². The number of carbonyl (C=O) groups excluding carboxylic acids is 1. The maximum Gasteiger partial charge on any atom is 0.330 e. The fraction of sp³-hybridized carbons (Fsp3) is 0.727. The zero-order valence-electron chi connectivity index (χ0n) is 18.7. The summed E-state index contributed by atoms with van der Waals surface area (Å²) in [5, 5.41) is 2.94. The largest absolute Gasteiger partial charge is 0.376 e. The van der Waals surface area contributed by atoms with Gasteiger partial charge in [-0.3, -0.25) is 19.1 Å². The maximum atomic E-state index is 12.7. The molecule has 1 aliphatic rings. The molecule has 31 heavy (non-hydrogen) atoms. The Balaban J connectivity index is 1.82. The van der Waals surface area contributed by atoms with E-state index in [1.54, 1.807) is 4.57 Å². The SMILES string of the molecule is CCCCCn1c(CCC(=O)NCC2CCCO2)nc2c1c(=O)[nH]c(=O)n2CCCC. The topological polar surface area (TPSA) is 111 Å². The summed E-state index contributed by atoms with van der Waals surface area (Å²) in [6.45, 7) is 6.62. The number of H-pyrrole nitrogens is 1. The minimum atomic E-state index is -0.426. The van der Waals surface area contributed by atoms with E-state index in [2.05, 4.69) is 29.1 Å². The molecule has 1 saturated heterocycles. The Labute approximate surface area is 182 Å². The second kappa shape index (κ2) is 11.3. The monoisotopic (exact) mass is 433 g/mol. The number of aryl methyl sites for hydroxylation is 3. The normalized spacial score (nSPS) is 16.3. The lowest BCUT2D eigenvalue weighted by Crippen LogP contribution is -2.32. The van der Waals surface area contributed by atoms with E-state index in [0.29, 0.717) is 43.0 Å². The molecule has 3 heterocycles. The lowest BCUT2D eigenvalue weighted by Gasteiger charge is -2.11. The van der Waals surface area contributed by atoms with Crippen LogP contribution in [0.3, 0.4) is 0 Å². The van der Waals surface area contributed by atoms with Crippen LogP contribution in [0, 0.1) is 0 Å². The van der Waals surface area contributed by atoms with Crippen molar-refractivity contribution >= 4 is 17.1 Å². The van der Waals surface area contributed by atoms with Gasteiger partial charge in [0.05, 0.1) is 6.10 Å². The standard InChI is InChI=1S/C22H35N5O4/c1-3-5-7-13-26-17(10-11-18(28)23-15-16-9-8-14-31-16)24-20-19(26)21(29)25-22(30)27(20)12-6-4-2/h16H,3-15H2,1-2H3,(H,23,28)(H,25,29,30). The van der Waals surface area contributed by atoms with Crippen LogP contribution in [0.25, 0.3) is 11.2 Å². The lowest BCUT2D eigenvalue weighted by molar-refractivity contribution is -0.121. The van der Waals surface area contributed by atoms with Crippen molar-refractivity contribution in [3.05, 3.63) is 26.7 Å². The predicted molar refractivity (Wildman–Crippen MR) is 119 cm³/mol. The quantitative estimate of drug-likeness (QED) is 0.498. The Morgan fingerprint density at radius 3 is 2.65 bits per heavy atom. The Hall–Kier alpha value is -2.42. The highest BCUT2D eigenvalue weighted by atomic mass is 16.5. The van der Waals surface area contributed by atoms with E-state index in [9.17, 15) is 14.4 Å². The number of hydrogen-bond acceptors (Lipinski definition) is 5. The third-order valence-corrected chi connectivity index (χ3v) is 5.81. The molecular weight excluding hydrogens is 398 g/mol. The van der Waals surface area contributed by atoms with Crippen molar-refractivity contribution < 1.29 is 9.53 Å². The van der Waals surface area contributed by atoms with Crippen LogP contribution in [0.1, 0.15) is 71.0 Å². The van der Waals surface area contributed by atoms with Crippen molar-refractivity contribution in [1.29, 1.82) is 0 Å². The molecule has 1 fully saturated rings. The van der Waals surface area contributed by atoms with E-state index < -0.39 is 11.2 Å². The van der Waals surface area contributed by atoms with Gasteiger partial charge in [-0.1, -0.05) is 33.1 Å². The molecule has 1 amide bonds. The van der Waals surface area contributed by atoms with Gasteiger partial charge in [0.25, 0.3) is 5.56 Å². The molecule has 1 atom stereocenters. The Morgan fingerprint density at radius 2 is 1.94 bits per heavy atom. The van der Waals surface area contributed by atoms with Gasteiger partial charge >= 0.3 is 5.69 Å². The molecule has 2 aromatic rings. The molecule has 0 radical (unpaired) electrons. The zero-order chi connectivity index (χ0) is 22.2. The van der Waals surface area contributed by atoms with Crippen molar-refractivity contribution in [1.82, 2.24) is 24.4 Å². The number of nitrogens with zero attached hydrogens (tertiary/aromatic N) is 3. The van der Waals surface area contributed by atoms with Gasteiger partial charge in [-0.05, 0) is 25.7 Å². The molecular formula is C22H35N5O4. The fourth-order valence-corrected chi connectivity index (χ4v) is 4.04. The molecule has 2 aromatic heterocycles. The van der Waals surface area contributed by atoms with Crippen LogP contribution in [-0.4, -0.2) is 44.3 Å². The fourth-order valence-electron chi connectivity index (χ4n) is 4.04. The minimum Gasteiger partial charge on any atom is -0.376 e. The van der Waals surface area contributed by atoms with Crippen molar-refractivity contribution in [2.24, 2.45) is 0 Å². The Morgan fingerprint density at radius 1 is 1.16 bits per heavy atom. The summed E-state index contributed by atoms with van der Waals surface area (Å²) in [5.41, 5.74) is 0.0193. The molecule has 172 valence electrons. The van der Waals surface area contributed by atoms with Gasteiger partial charge in [-0.2, -0.15) is 0 Å². The van der Waals surface area contributed by atoms with E-state index in [-0.39, 0.29) is 18.4 Å². The van der Waals surface area contributed by atoms with Gasteiger partial charge in [0.1, 0.15) is 5.82 Å². The van der Waals surface area contributed by atoms with Crippen LogP contribution >= 0.6 is 0 Å². The number of aromatic amines is 1. The average Bonchev–Trinajstić information content (AvgIpc) is 3.39. The van der Waals surface area contributed by atoms with Crippen LogP contribution in [-0.2, 0) is 29.0 Å². The van der Waals surface area contributed by atoms with Gasteiger partial charge in [-0.15, -0.1) is 0 Å². The summed E-state index contributed by atoms with van der Waals surface area (Å²) in [6.07, 6.45) is 7.58. The van der Waals surface area contributed by atoms with Crippen LogP contribution in [0.5, 0.6) is 0 Å². The first-order chi connectivity index (χ1) is 15.0. The number of carbonyl (C=O) groups is 1. The minimum absolute atomic E-state index is 0.0556. The van der Waals surface area contributed by atoms with Crippen LogP contribution in [0.2, 0.25) is 0 Å². The van der Waals surface area contributed by atoms with Gasteiger partial charge in [0, 0.05) is 39.1 Å². The highest BCUT2D eigenvalue weighted by molar-refractivity contribution is 5.76. The van der Waals surface area contributed by atoms with E-state index in [1.807, 2.05) is 4.57 Å². The van der Waals surface area contributed by atoms with Gasteiger partial charge in [0.2, 0.25) is 5.91 Å².